The monoisotopic (exact) mass is 927 g/mol. The molecule has 13 rings (SSSR count). The van der Waals surface area contributed by atoms with Crippen molar-refractivity contribution in [2.75, 3.05) is 14.7 Å². The lowest BCUT2D eigenvalue weighted by molar-refractivity contribution is 0.195. The molecule has 0 spiro atoms. The zero-order chi connectivity index (χ0) is 48.1. The highest BCUT2D eigenvalue weighted by atomic mass is 32.1. The minimum absolute atomic E-state index is 0.00554. The van der Waals surface area contributed by atoms with Crippen molar-refractivity contribution in [3.8, 4) is 11.1 Å². The van der Waals surface area contributed by atoms with Crippen LogP contribution in [0.3, 0.4) is 0 Å². The van der Waals surface area contributed by atoms with Crippen molar-refractivity contribution < 1.29 is 0 Å². The van der Waals surface area contributed by atoms with Crippen LogP contribution in [0.5, 0.6) is 0 Å². The summed E-state index contributed by atoms with van der Waals surface area (Å²) in [5.41, 5.74) is 22.0. The largest absolute Gasteiger partial charge is 0.334 e. The first-order chi connectivity index (χ1) is 33.6. The van der Waals surface area contributed by atoms with Crippen LogP contribution in [0.1, 0.15) is 103 Å². The zero-order valence-corrected chi connectivity index (χ0v) is 43.1. The summed E-state index contributed by atoms with van der Waals surface area (Å²) in [4.78, 5) is 8.06. The van der Waals surface area contributed by atoms with Crippen LogP contribution in [-0.2, 0) is 16.2 Å². The molecule has 1 aromatic heterocycles. The molecule has 0 saturated heterocycles. The van der Waals surface area contributed by atoms with E-state index in [0.29, 0.717) is 0 Å². The van der Waals surface area contributed by atoms with Gasteiger partial charge in [-0.1, -0.05) is 158 Å². The van der Waals surface area contributed by atoms with Crippen LogP contribution < -0.4 is 31.1 Å². The smallest absolute Gasteiger partial charge is 0.252 e. The molecule has 4 heterocycles. The van der Waals surface area contributed by atoms with Gasteiger partial charge in [-0.2, -0.15) is 0 Å². The van der Waals surface area contributed by atoms with Gasteiger partial charge in [0.2, 0.25) is 0 Å². The Kier molecular flexibility index (Phi) is 9.45. The van der Waals surface area contributed by atoms with Gasteiger partial charge in [-0.25, -0.2) is 0 Å². The number of benzene rings is 8. The van der Waals surface area contributed by atoms with Crippen LogP contribution in [0.4, 0.5) is 45.5 Å². The molecule has 3 nitrogen and oxygen atoms in total. The van der Waals surface area contributed by atoms with Crippen molar-refractivity contribution >= 4 is 100 Å². The first-order valence-corrected chi connectivity index (χ1v) is 26.5. The van der Waals surface area contributed by atoms with Crippen LogP contribution in [0.15, 0.2) is 164 Å². The van der Waals surface area contributed by atoms with E-state index in [-0.39, 0.29) is 28.5 Å². The highest BCUT2D eigenvalue weighted by molar-refractivity contribution is 7.26. The Hall–Kier alpha value is -6.56. The first-order valence-electron chi connectivity index (χ1n) is 25.7. The Morgan fingerprint density at radius 1 is 0.500 bits per heavy atom. The molecule has 1 fully saturated rings. The van der Waals surface area contributed by atoms with Crippen molar-refractivity contribution in [1.29, 1.82) is 0 Å². The molecule has 8 aromatic carbocycles. The summed E-state index contributed by atoms with van der Waals surface area (Å²) < 4.78 is 2.65. The predicted molar refractivity (Wildman–Crippen MR) is 304 cm³/mol. The Morgan fingerprint density at radius 2 is 1.17 bits per heavy atom. The number of hydrogen-bond acceptors (Lipinski definition) is 4. The molecule has 1 aliphatic carbocycles. The fraction of sp³-hybridized carbons (Fsp3) is 0.262. The third kappa shape index (κ3) is 6.26. The quantitative estimate of drug-likeness (QED) is 0.163. The van der Waals surface area contributed by atoms with Gasteiger partial charge in [-0.15, -0.1) is 11.3 Å². The van der Waals surface area contributed by atoms with E-state index in [1.807, 2.05) is 11.3 Å². The highest BCUT2D eigenvalue weighted by Gasteiger charge is 2.58. The van der Waals surface area contributed by atoms with Crippen LogP contribution in [0.2, 0.25) is 0 Å². The summed E-state index contributed by atoms with van der Waals surface area (Å²) in [6, 6.07) is 63.5. The van der Waals surface area contributed by atoms with Gasteiger partial charge in [0.1, 0.15) is 0 Å². The molecule has 0 N–H and O–H groups in total. The van der Waals surface area contributed by atoms with Gasteiger partial charge in [0.15, 0.2) is 0 Å². The Morgan fingerprint density at radius 3 is 1.96 bits per heavy atom. The van der Waals surface area contributed by atoms with E-state index in [9.17, 15) is 0 Å². The van der Waals surface area contributed by atoms with E-state index >= 15 is 0 Å². The summed E-state index contributed by atoms with van der Waals surface area (Å²) in [6.07, 6.45) is 4.81. The molecule has 3 aliphatic heterocycles. The van der Waals surface area contributed by atoms with E-state index in [0.717, 1.165) is 6.42 Å². The summed E-state index contributed by atoms with van der Waals surface area (Å²) in [6.45, 7) is 21.5. The topological polar surface area (TPSA) is 9.72 Å². The molecule has 4 aliphatic rings. The number of rotatable bonds is 4. The summed E-state index contributed by atoms with van der Waals surface area (Å²) >= 11 is 1.92. The lowest BCUT2D eigenvalue weighted by Gasteiger charge is -2.50. The van der Waals surface area contributed by atoms with Gasteiger partial charge in [0.25, 0.3) is 6.71 Å². The molecular weight excluding hydrogens is 866 g/mol. The summed E-state index contributed by atoms with van der Waals surface area (Å²) in [5, 5.41) is 2.64. The minimum atomic E-state index is -0.0979. The van der Waals surface area contributed by atoms with Gasteiger partial charge in [0, 0.05) is 60.7 Å². The van der Waals surface area contributed by atoms with E-state index in [1.165, 1.54) is 135 Å². The standard InChI is InChI=1S/C65H62BN3S/c1-41-35-57-60-58(36-41)68(54-25-18-24-49-48-23-13-14-26-59(48)70-61(49)54)55-39-45(63(5,6)7)28-30-51(55)66(60)52-31-29-47(40-56(52)67(57)46-22-17-21-44(38-46)62(2,3)4)69-53-32-27-43(42-19-11-10-12-20-42)37-50(53)64(8)33-15-16-34-65(64,69)9/h10-14,17-32,35-40H,15-16,33-34H2,1-9H3. The van der Waals surface area contributed by atoms with Gasteiger partial charge >= 0.3 is 0 Å². The second-order valence-electron chi connectivity index (χ2n) is 23.4. The van der Waals surface area contributed by atoms with Crippen molar-refractivity contribution in [3.05, 3.63) is 186 Å². The minimum Gasteiger partial charge on any atom is -0.334 e. The fourth-order valence-corrected chi connectivity index (χ4v) is 14.4. The van der Waals surface area contributed by atoms with E-state index in [4.69, 9.17) is 0 Å². The second-order valence-corrected chi connectivity index (χ2v) is 24.4. The normalized spacial score (nSPS) is 19.3. The number of thiophene rings is 1. The average molecular weight is 928 g/mol. The molecule has 0 amide bonds. The Balaban J connectivity index is 1.08. The maximum Gasteiger partial charge on any atom is 0.252 e. The average Bonchev–Trinajstić information content (AvgIpc) is 3.83. The third-order valence-electron chi connectivity index (χ3n) is 17.1. The molecular formula is C65H62BN3S. The number of nitrogens with zero attached hydrogens (tertiary/aromatic N) is 3. The van der Waals surface area contributed by atoms with E-state index in [1.54, 1.807) is 0 Å². The number of hydrogen-bond donors (Lipinski definition) is 0. The van der Waals surface area contributed by atoms with Crippen molar-refractivity contribution in [2.24, 2.45) is 0 Å². The van der Waals surface area contributed by atoms with Crippen LogP contribution >= 0.6 is 11.3 Å². The molecule has 9 aromatic rings. The Bertz CT molecular complexity index is 3610. The Labute approximate surface area is 419 Å². The summed E-state index contributed by atoms with van der Waals surface area (Å²) in [7, 11) is 0. The van der Waals surface area contributed by atoms with E-state index < -0.39 is 0 Å². The van der Waals surface area contributed by atoms with Gasteiger partial charge in [-0.3, -0.25) is 0 Å². The molecule has 2 unspecified atom stereocenters. The van der Waals surface area contributed by atoms with Crippen molar-refractivity contribution in [3.63, 3.8) is 0 Å². The van der Waals surface area contributed by atoms with Crippen LogP contribution in [0, 0.1) is 6.92 Å². The molecule has 346 valence electrons. The van der Waals surface area contributed by atoms with Gasteiger partial charge < -0.3 is 14.7 Å². The molecule has 1 saturated carbocycles. The second kappa shape index (κ2) is 15.2. The lowest BCUT2D eigenvalue weighted by Crippen LogP contribution is -2.61. The summed E-state index contributed by atoms with van der Waals surface area (Å²) in [5.74, 6) is 0. The zero-order valence-electron chi connectivity index (χ0n) is 42.2. The highest BCUT2D eigenvalue weighted by Crippen LogP contribution is 2.62. The first kappa shape index (κ1) is 43.5. The number of fused-ring (bicyclic) bond motifs is 10. The molecule has 0 bridgehead atoms. The van der Waals surface area contributed by atoms with Crippen LogP contribution in [0.25, 0.3) is 31.3 Å². The maximum absolute atomic E-state index is 2.77. The fourth-order valence-electron chi connectivity index (χ4n) is 13.2. The van der Waals surface area contributed by atoms with Crippen molar-refractivity contribution in [2.45, 2.75) is 110 Å². The third-order valence-corrected chi connectivity index (χ3v) is 18.3. The molecule has 5 heteroatoms. The predicted octanol–water partition coefficient (Wildman–Crippen LogP) is 16.4. The molecule has 0 radical (unpaired) electrons. The SMILES string of the molecule is Cc1cc2c3c(c1)N(c1cccc4c1sc1ccccc14)c1cc(C(C)(C)C)ccc1B3c1ccc(N3c4ccc(-c5ccccc5)cc4C4(C)CCCCC34C)cc1N2c1cccc(C(C)(C)C)c1. The number of anilines is 8. The van der Waals surface area contributed by atoms with Crippen molar-refractivity contribution in [1.82, 2.24) is 0 Å². The van der Waals surface area contributed by atoms with Crippen LogP contribution in [-0.4, -0.2) is 12.3 Å². The molecule has 70 heavy (non-hydrogen) atoms. The molecule has 2 atom stereocenters. The lowest BCUT2D eigenvalue weighted by atomic mass is 9.33. The van der Waals surface area contributed by atoms with Gasteiger partial charge in [0.05, 0.1) is 15.9 Å². The van der Waals surface area contributed by atoms with E-state index in [2.05, 4.69) is 241 Å². The number of aryl methyl sites for hydroxylation is 1. The maximum atomic E-state index is 2.77. The van der Waals surface area contributed by atoms with Gasteiger partial charge in [-0.05, 0) is 154 Å².